The third kappa shape index (κ3) is 7.03. The van der Waals surface area contributed by atoms with E-state index in [4.69, 9.17) is 9.15 Å². The number of furan rings is 1. The van der Waals surface area contributed by atoms with Gasteiger partial charge in [0.1, 0.15) is 5.75 Å². The van der Waals surface area contributed by atoms with Gasteiger partial charge in [-0.25, -0.2) is 0 Å². The van der Waals surface area contributed by atoms with E-state index in [0.29, 0.717) is 30.2 Å². The van der Waals surface area contributed by atoms with E-state index in [1.807, 2.05) is 13.0 Å². The Morgan fingerprint density at radius 1 is 0.902 bits per heavy atom. The molecule has 0 aliphatic carbocycles. The molecule has 2 N–H and O–H groups in total. The predicted molar refractivity (Wildman–Crippen MR) is 163 cm³/mol. The van der Waals surface area contributed by atoms with Gasteiger partial charge in [-0.1, -0.05) is 18.2 Å². The molecule has 3 aromatic rings. The molecule has 1 aromatic heterocycles. The van der Waals surface area contributed by atoms with Crippen LogP contribution in [-0.2, 0) is 0 Å². The molecule has 2 aromatic carbocycles. The van der Waals surface area contributed by atoms with Crippen molar-refractivity contribution in [2.45, 2.75) is 33.1 Å². The number of benzene rings is 2. The Hall–Kier alpha value is -3.98. The molecule has 2 amide bonds. The minimum atomic E-state index is -0.365. The van der Waals surface area contributed by atoms with Gasteiger partial charge in [-0.05, 0) is 82.6 Å². The van der Waals surface area contributed by atoms with E-state index in [1.165, 1.54) is 30.4 Å². The molecule has 9 heteroatoms. The average Bonchev–Trinajstić information content (AvgIpc) is 3.72. The summed E-state index contributed by atoms with van der Waals surface area (Å²) in [5.41, 5.74) is 4.28. The summed E-state index contributed by atoms with van der Waals surface area (Å²) in [4.78, 5) is 33.5. The number of nitrogens with one attached hydrogen (secondary N) is 2. The normalized spacial score (nSPS) is 15.7. The van der Waals surface area contributed by atoms with Crippen LogP contribution >= 0.6 is 0 Å². The van der Waals surface area contributed by atoms with Gasteiger partial charge in [-0.3, -0.25) is 9.59 Å². The Bertz CT molecular complexity index is 1310. The molecule has 2 aliphatic heterocycles. The Morgan fingerprint density at radius 2 is 1.63 bits per heavy atom. The molecule has 0 radical (unpaired) electrons. The number of anilines is 3. The van der Waals surface area contributed by atoms with Crippen molar-refractivity contribution < 1.29 is 18.7 Å². The van der Waals surface area contributed by atoms with Gasteiger partial charge in [0.25, 0.3) is 11.8 Å². The lowest BCUT2D eigenvalue weighted by atomic mass is 10.1. The van der Waals surface area contributed by atoms with Gasteiger partial charge >= 0.3 is 0 Å². The zero-order chi connectivity index (χ0) is 28.6. The largest absolute Gasteiger partial charge is 0.493 e. The van der Waals surface area contributed by atoms with Crippen LogP contribution < -0.4 is 25.2 Å². The third-order valence-corrected chi connectivity index (χ3v) is 7.85. The second kappa shape index (κ2) is 13.6. The van der Waals surface area contributed by atoms with Gasteiger partial charge in [0.05, 0.1) is 29.8 Å². The molecule has 0 atom stereocenters. The minimum absolute atomic E-state index is 0.209. The van der Waals surface area contributed by atoms with E-state index >= 15 is 0 Å². The van der Waals surface area contributed by atoms with Crippen molar-refractivity contribution in [3.05, 3.63) is 71.7 Å². The smallest absolute Gasteiger partial charge is 0.291 e. The lowest BCUT2D eigenvalue weighted by molar-refractivity contribution is 0.0946. The second-order valence-electron chi connectivity index (χ2n) is 10.6. The van der Waals surface area contributed by atoms with Crippen LogP contribution in [0.4, 0.5) is 17.1 Å². The first kappa shape index (κ1) is 28.5. The third-order valence-electron chi connectivity index (χ3n) is 7.85. The number of rotatable bonds is 11. The average molecular weight is 560 g/mol. The molecular weight excluding hydrogens is 518 g/mol. The molecule has 2 fully saturated rings. The minimum Gasteiger partial charge on any atom is -0.493 e. The first-order valence-electron chi connectivity index (χ1n) is 14.7. The van der Waals surface area contributed by atoms with E-state index < -0.39 is 0 Å². The number of carbonyl (C=O) groups is 2. The molecule has 2 aliphatic rings. The van der Waals surface area contributed by atoms with Crippen molar-refractivity contribution in [3.63, 3.8) is 0 Å². The molecular formula is C32H41N5O4. The van der Waals surface area contributed by atoms with Gasteiger partial charge in [-0.15, -0.1) is 0 Å². The summed E-state index contributed by atoms with van der Waals surface area (Å²) in [6.07, 6.45) is 4.87. The predicted octanol–water partition coefficient (Wildman–Crippen LogP) is 4.78. The zero-order valence-corrected chi connectivity index (χ0v) is 24.2. The SMILES string of the molecule is CCOc1cc(N2CCN(c3ccccc3C)CC2)c(NC(=O)c2ccco2)cc1C(=O)NCCCN1CCCC1. The summed E-state index contributed by atoms with van der Waals surface area (Å²) in [7, 11) is 0. The van der Waals surface area contributed by atoms with Gasteiger partial charge < -0.3 is 34.5 Å². The lowest BCUT2D eigenvalue weighted by Gasteiger charge is -2.39. The molecule has 0 saturated carbocycles. The number of aryl methyl sites for hydroxylation is 1. The fraction of sp³-hybridized carbons (Fsp3) is 0.438. The molecule has 3 heterocycles. The van der Waals surface area contributed by atoms with E-state index in [-0.39, 0.29) is 17.6 Å². The summed E-state index contributed by atoms with van der Waals surface area (Å²) >= 11 is 0. The molecule has 218 valence electrons. The van der Waals surface area contributed by atoms with E-state index in [9.17, 15) is 9.59 Å². The van der Waals surface area contributed by atoms with Crippen molar-refractivity contribution >= 4 is 28.9 Å². The van der Waals surface area contributed by atoms with Crippen molar-refractivity contribution in [3.8, 4) is 5.75 Å². The standard InChI is InChI=1S/C32H41N5O4/c1-3-40-30-23-28(37-19-17-36(18-20-37)27-11-5-4-10-24(27)2)26(34-32(39)29-12-8-21-41-29)22-25(30)31(38)33-13-9-16-35-14-6-7-15-35/h4-5,8,10-12,21-23H,3,6-7,9,13-20H2,1-2H3,(H,33,38)(H,34,39). The highest BCUT2D eigenvalue weighted by atomic mass is 16.5. The fourth-order valence-corrected chi connectivity index (χ4v) is 5.69. The maximum atomic E-state index is 13.4. The highest BCUT2D eigenvalue weighted by Gasteiger charge is 2.25. The topological polar surface area (TPSA) is 90.3 Å². The number of hydrogen-bond donors (Lipinski definition) is 2. The van der Waals surface area contributed by atoms with Crippen LogP contribution in [-0.4, -0.2) is 75.7 Å². The van der Waals surface area contributed by atoms with Crippen LogP contribution in [0.25, 0.3) is 0 Å². The van der Waals surface area contributed by atoms with Gasteiger partial charge in [0.2, 0.25) is 0 Å². The Morgan fingerprint density at radius 3 is 2.32 bits per heavy atom. The molecule has 9 nitrogen and oxygen atoms in total. The molecule has 41 heavy (non-hydrogen) atoms. The molecule has 5 rings (SSSR count). The lowest BCUT2D eigenvalue weighted by Crippen LogP contribution is -2.47. The summed E-state index contributed by atoms with van der Waals surface area (Å²) in [5, 5.41) is 6.06. The molecule has 0 bridgehead atoms. The highest BCUT2D eigenvalue weighted by Crippen LogP contribution is 2.36. The van der Waals surface area contributed by atoms with Gasteiger partial charge in [0.15, 0.2) is 5.76 Å². The number of carbonyl (C=O) groups excluding carboxylic acids is 2. The zero-order valence-electron chi connectivity index (χ0n) is 24.2. The first-order chi connectivity index (χ1) is 20.0. The summed E-state index contributed by atoms with van der Waals surface area (Å²) in [6.45, 7) is 11.5. The van der Waals surface area contributed by atoms with Crippen LogP contribution in [0.15, 0.2) is 59.2 Å². The summed E-state index contributed by atoms with van der Waals surface area (Å²) < 4.78 is 11.3. The van der Waals surface area contributed by atoms with Crippen LogP contribution in [0.2, 0.25) is 0 Å². The summed E-state index contributed by atoms with van der Waals surface area (Å²) in [6, 6.07) is 15.4. The van der Waals surface area contributed by atoms with Crippen LogP contribution in [0.3, 0.4) is 0 Å². The number of piperazine rings is 1. The van der Waals surface area contributed by atoms with Crippen LogP contribution in [0.1, 0.15) is 52.7 Å². The number of para-hydroxylation sites is 1. The van der Waals surface area contributed by atoms with Crippen molar-refractivity contribution in [2.24, 2.45) is 0 Å². The number of hydrogen-bond acceptors (Lipinski definition) is 7. The first-order valence-corrected chi connectivity index (χ1v) is 14.7. The summed E-state index contributed by atoms with van der Waals surface area (Å²) in [5.74, 6) is 0.147. The van der Waals surface area contributed by atoms with Crippen LogP contribution in [0.5, 0.6) is 5.75 Å². The van der Waals surface area contributed by atoms with Gasteiger partial charge in [-0.2, -0.15) is 0 Å². The van der Waals surface area contributed by atoms with E-state index in [2.05, 4.69) is 56.5 Å². The van der Waals surface area contributed by atoms with Gasteiger partial charge in [0, 0.05) is 44.5 Å². The number of amides is 2. The van der Waals surface area contributed by atoms with Crippen LogP contribution in [0, 0.1) is 6.92 Å². The maximum absolute atomic E-state index is 13.4. The van der Waals surface area contributed by atoms with Crippen molar-refractivity contribution in [1.82, 2.24) is 10.2 Å². The molecule has 2 saturated heterocycles. The maximum Gasteiger partial charge on any atom is 0.291 e. The molecule has 0 spiro atoms. The number of likely N-dealkylation sites (tertiary alicyclic amines) is 1. The second-order valence-corrected chi connectivity index (χ2v) is 10.6. The van der Waals surface area contributed by atoms with E-state index in [1.54, 1.807) is 18.2 Å². The molecule has 0 unspecified atom stereocenters. The Balaban J connectivity index is 1.36. The van der Waals surface area contributed by atoms with Crippen molar-refractivity contribution in [1.29, 1.82) is 0 Å². The van der Waals surface area contributed by atoms with E-state index in [0.717, 1.165) is 57.9 Å². The highest BCUT2D eigenvalue weighted by molar-refractivity contribution is 6.06. The number of nitrogens with zero attached hydrogens (tertiary/aromatic N) is 3. The Labute approximate surface area is 242 Å². The van der Waals surface area contributed by atoms with Crippen molar-refractivity contribution in [2.75, 3.05) is 74.1 Å². The fourth-order valence-electron chi connectivity index (χ4n) is 5.69. The quantitative estimate of drug-likeness (QED) is 0.327. The Kier molecular flexibility index (Phi) is 9.46. The number of ether oxygens (including phenoxy) is 1. The monoisotopic (exact) mass is 559 g/mol.